The average Bonchev–Trinajstić information content (AvgIpc) is 3.16. The van der Waals surface area contributed by atoms with Crippen molar-refractivity contribution in [3.05, 3.63) is 83.6 Å². The molecule has 1 aliphatic rings. The number of hydrogen-bond donors (Lipinski definition) is 3. The largest absolute Gasteiger partial charge is 0.480 e. The highest BCUT2D eigenvalue weighted by molar-refractivity contribution is 5.95. The lowest BCUT2D eigenvalue weighted by atomic mass is 9.98. The van der Waals surface area contributed by atoms with E-state index >= 15 is 0 Å². The number of nitrogens with one attached hydrogen (secondary N) is 2. The maximum absolute atomic E-state index is 12.5. The first-order chi connectivity index (χ1) is 16.8. The number of nitrogens with zero attached hydrogens (tertiary/aromatic N) is 2. The molecule has 1 atom stereocenters. The Bertz CT molecular complexity index is 1210. The molecule has 1 aromatic heterocycles. The summed E-state index contributed by atoms with van der Waals surface area (Å²) in [5.74, 6) is -1.77. The van der Waals surface area contributed by atoms with Crippen LogP contribution in [0, 0.1) is 0 Å². The average molecular weight is 475 g/mol. The van der Waals surface area contributed by atoms with E-state index in [4.69, 9.17) is 4.74 Å². The molecule has 2 amide bonds. The molecule has 9 heteroatoms. The zero-order valence-corrected chi connectivity index (χ0v) is 19.4. The van der Waals surface area contributed by atoms with E-state index in [2.05, 4.69) is 27.8 Å². The second-order valence-electron chi connectivity index (χ2n) is 8.49. The van der Waals surface area contributed by atoms with E-state index in [9.17, 15) is 19.5 Å². The van der Waals surface area contributed by atoms with Gasteiger partial charge in [-0.15, -0.1) is 0 Å². The van der Waals surface area contributed by atoms with Gasteiger partial charge in [-0.05, 0) is 48.5 Å². The Balaban J connectivity index is 1.39. The Morgan fingerprint density at radius 3 is 2.20 bits per heavy atom. The summed E-state index contributed by atoms with van der Waals surface area (Å²) >= 11 is 0. The number of anilines is 1. The molecule has 35 heavy (non-hydrogen) atoms. The van der Waals surface area contributed by atoms with Gasteiger partial charge >= 0.3 is 12.1 Å². The zero-order valence-electron chi connectivity index (χ0n) is 19.4. The summed E-state index contributed by atoms with van der Waals surface area (Å²) in [5.41, 5.74) is 4.44. The van der Waals surface area contributed by atoms with E-state index < -0.39 is 24.0 Å². The first-order valence-corrected chi connectivity index (χ1v) is 11.1. The lowest BCUT2D eigenvalue weighted by molar-refractivity contribution is -0.139. The molecule has 2 aromatic carbocycles. The molecule has 3 N–H and O–H groups in total. The van der Waals surface area contributed by atoms with Crippen LogP contribution in [-0.2, 0) is 9.53 Å². The van der Waals surface area contributed by atoms with Gasteiger partial charge in [0.25, 0.3) is 5.91 Å². The standard InChI is InChI=1S/C26H26N4O5/c1-30(2)14-22(25(32)33)28-24(31)21-12-7-13-23(27-21)29-26(34)35-15-20-18-10-5-3-8-16(18)17-9-4-6-11-19(17)20/h3-13,20,22H,14-15H2,1-2H3,(H,28,31)(H,32,33)(H,27,29,34)/t22-/m0/s1. The number of hydrogen-bond acceptors (Lipinski definition) is 6. The van der Waals surface area contributed by atoms with Crippen LogP contribution in [0.2, 0.25) is 0 Å². The zero-order chi connectivity index (χ0) is 24.9. The molecule has 0 unspecified atom stereocenters. The maximum atomic E-state index is 12.5. The van der Waals surface area contributed by atoms with Crippen LogP contribution in [-0.4, -0.2) is 66.2 Å². The Labute approximate surface area is 202 Å². The molecule has 0 bridgehead atoms. The number of aromatic nitrogens is 1. The smallest absolute Gasteiger partial charge is 0.412 e. The van der Waals surface area contributed by atoms with Gasteiger partial charge in [0.05, 0.1) is 0 Å². The first kappa shape index (κ1) is 23.9. The summed E-state index contributed by atoms with van der Waals surface area (Å²) in [6.45, 7) is 0.267. The van der Waals surface area contributed by atoms with Gasteiger partial charge in [-0.1, -0.05) is 54.6 Å². The highest BCUT2D eigenvalue weighted by Gasteiger charge is 2.29. The minimum atomic E-state index is -1.15. The quantitative estimate of drug-likeness (QED) is 0.458. The van der Waals surface area contributed by atoms with Crippen LogP contribution in [0.15, 0.2) is 66.7 Å². The molecule has 0 fully saturated rings. The van der Waals surface area contributed by atoms with E-state index in [1.54, 1.807) is 25.1 Å². The molecule has 1 heterocycles. The van der Waals surface area contributed by atoms with Crippen molar-refractivity contribution in [3.8, 4) is 11.1 Å². The predicted molar refractivity (Wildman–Crippen MR) is 130 cm³/mol. The minimum Gasteiger partial charge on any atom is -0.480 e. The van der Waals surface area contributed by atoms with Crippen molar-refractivity contribution < 1.29 is 24.2 Å². The van der Waals surface area contributed by atoms with Gasteiger partial charge in [0.15, 0.2) is 0 Å². The van der Waals surface area contributed by atoms with Gasteiger partial charge in [0.2, 0.25) is 0 Å². The molecular formula is C26H26N4O5. The van der Waals surface area contributed by atoms with Gasteiger partial charge in [-0.2, -0.15) is 0 Å². The molecule has 0 spiro atoms. The number of carboxylic acid groups (broad SMARTS) is 1. The molecule has 4 rings (SSSR count). The van der Waals surface area contributed by atoms with Crippen LogP contribution in [0.25, 0.3) is 11.1 Å². The van der Waals surface area contributed by atoms with Crippen LogP contribution in [0.3, 0.4) is 0 Å². The maximum Gasteiger partial charge on any atom is 0.412 e. The summed E-state index contributed by atoms with van der Waals surface area (Å²) < 4.78 is 5.51. The molecule has 3 aromatic rings. The predicted octanol–water partition coefficient (Wildman–Crippen LogP) is 3.19. The van der Waals surface area contributed by atoms with Crippen LogP contribution < -0.4 is 10.6 Å². The third-order valence-corrected chi connectivity index (χ3v) is 5.71. The first-order valence-electron chi connectivity index (χ1n) is 11.1. The van der Waals surface area contributed by atoms with Crippen LogP contribution in [0.4, 0.5) is 10.6 Å². The SMILES string of the molecule is CN(C)C[C@H](NC(=O)c1cccc(NC(=O)OCC2c3ccccc3-c3ccccc32)n1)C(=O)O. The monoisotopic (exact) mass is 474 g/mol. The molecule has 1 aliphatic carbocycles. The van der Waals surface area contributed by atoms with Crippen molar-refractivity contribution in [1.82, 2.24) is 15.2 Å². The Morgan fingerprint density at radius 1 is 0.971 bits per heavy atom. The fourth-order valence-corrected chi connectivity index (χ4v) is 4.15. The highest BCUT2D eigenvalue weighted by atomic mass is 16.5. The Morgan fingerprint density at radius 2 is 1.60 bits per heavy atom. The summed E-state index contributed by atoms with van der Waals surface area (Å²) in [5, 5.41) is 14.3. The summed E-state index contributed by atoms with van der Waals surface area (Å²) in [6, 6.07) is 19.5. The lowest BCUT2D eigenvalue weighted by Crippen LogP contribution is -2.47. The van der Waals surface area contributed by atoms with E-state index in [0.29, 0.717) is 0 Å². The van der Waals surface area contributed by atoms with Crippen LogP contribution in [0.1, 0.15) is 27.5 Å². The molecule has 0 radical (unpaired) electrons. The van der Waals surface area contributed by atoms with Crippen LogP contribution in [0.5, 0.6) is 0 Å². The topological polar surface area (TPSA) is 121 Å². The highest BCUT2D eigenvalue weighted by Crippen LogP contribution is 2.44. The molecule has 0 saturated carbocycles. The number of benzene rings is 2. The van der Waals surface area contributed by atoms with E-state index in [1.807, 2.05) is 36.4 Å². The number of rotatable bonds is 8. The molecule has 0 saturated heterocycles. The number of carbonyl (C=O) groups is 3. The number of aliphatic carboxylic acids is 1. The van der Waals surface area contributed by atoms with Crippen molar-refractivity contribution in [2.24, 2.45) is 0 Å². The van der Waals surface area contributed by atoms with Gasteiger partial charge < -0.3 is 20.1 Å². The van der Waals surface area contributed by atoms with Crippen molar-refractivity contribution in [2.45, 2.75) is 12.0 Å². The normalized spacial score (nSPS) is 13.0. The van der Waals surface area contributed by atoms with Gasteiger partial charge in [-0.3, -0.25) is 10.1 Å². The van der Waals surface area contributed by atoms with Gasteiger partial charge in [0, 0.05) is 12.5 Å². The fraction of sp³-hybridized carbons (Fsp3) is 0.231. The Hall–Kier alpha value is -4.24. The summed E-state index contributed by atoms with van der Waals surface area (Å²) in [6.07, 6.45) is -0.701. The molecule has 0 aliphatic heterocycles. The van der Waals surface area contributed by atoms with Gasteiger partial charge in [0.1, 0.15) is 24.2 Å². The van der Waals surface area contributed by atoms with E-state index in [0.717, 1.165) is 22.3 Å². The van der Waals surface area contributed by atoms with Crippen molar-refractivity contribution >= 4 is 23.8 Å². The van der Waals surface area contributed by atoms with E-state index in [1.165, 1.54) is 12.1 Å². The number of fused-ring (bicyclic) bond motifs is 3. The fourth-order valence-electron chi connectivity index (χ4n) is 4.15. The third kappa shape index (κ3) is 5.47. The van der Waals surface area contributed by atoms with Crippen molar-refractivity contribution in [1.29, 1.82) is 0 Å². The number of carboxylic acids is 1. The van der Waals surface area contributed by atoms with E-state index in [-0.39, 0.29) is 30.6 Å². The lowest BCUT2D eigenvalue weighted by Gasteiger charge is -2.18. The molecular weight excluding hydrogens is 448 g/mol. The second kappa shape index (κ2) is 10.4. The third-order valence-electron chi connectivity index (χ3n) is 5.71. The van der Waals surface area contributed by atoms with Crippen LogP contribution >= 0.6 is 0 Å². The number of amides is 2. The number of pyridine rings is 1. The number of carbonyl (C=O) groups excluding carboxylic acids is 2. The molecule has 9 nitrogen and oxygen atoms in total. The number of ether oxygens (including phenoxy) is 1. The number of likely N-dealkylation sites (N-methyl/N-ethyl adjacent to an activating group) is 1. The summed E-state index contributed by atoms with van der Waals surface area (Å²) in [4.78, 5) is 42.2. The molecule has 180 valence electrons. The summed E-state index contributed by atoms with van der Waals surface area (Å²) in [7, 11) is 3.42. The van der Waals surface area contributed by atoms with Crippen molar-refractivity contribution in [3.63, 3.8) is 0 Å². The Kier molecular flexibility index (Phi) is 7.07. The van der Waals surface area contributed by atoms with Crippen molar-refractivity contribution in [2.75, 3.05) is 32.6 Å². The minimum absolute atomic E-state index is 0.0218. The van der Waals surface area contributed by atoms with Gasteiger partial charge in [-0.25, -0.2) is 14.6 Å². The second-order valence-corrected chi connectivity index (χ2v) is 8.49.